The zero-order valence-corrected chi connectivity index (χ0v) is 15.5. The number of carboxylic acids is 1. The van der Waals surface area contributed by atoms with Crippen LogP contribution in [0.25, 0.3) is 0 Å². The Balaban J connectivity index is 2.15. The summed E-state index contributed by atoms with van der Waals surface area (Å²) in [7, 11) is 1.50. The number of carbonyl (C=O) groups is 1. The summed E-state index contributed by atoms with van der Waals surface area (Å²) in [5.41, 5.74) is 4.57. The third-order valence-corrected chi connectivity index (χ3v) is 5.20. The molecule has 1 aromatic heterocycles. The summed E-state index contributed by atoms with van der Waals surface area (Å²) >= 11 is 12.1. The van der Waals surface area contributed by atoms with Gasteiger partial charge in [-0.1, -0.05) is 34.4 Å². The van der Waals surface area contributed by atoms with Crippen molar-refractivity contribution < 1.29 is 14.7 Å². The number of hydrogen-bond donors (Lipinski definition) is 1. The fraction of sp³-hybridized carbons (Fsp3) is 0.333. The molecule has 0 bridgehead atoms. The van der Waals surface area contributed by atoms with Crippen LogP contribution in [0.15, 0.2) is 23.4 Å². The molecule has 132 valence electrons. The normalized spacial score (nSPS) is 15.3. The molecule has 0 amide bonds. The van der Waals surface area contributed by atoms with Gasteiger partial charge >= 0.3 is 5.97 Å². The average Bonchev–Trinajstić information content (AvgIpc) is 2.85. The molecule has 0 aliphatic heterocycles. The fourth-order valence-corrected chi connectivity index (χ4v) is 3.79. The molecular weight excluding hydrogens is 363 g/mol. The SMILES string of the molecule is CO/N=C1/CCCc2c1c(C)c(C(=O)O)n2Cc1ccc(Cl)c(Cl)c1. The Kier molecular flexibility index (Phi) is 5.06. The van der Waals surface area contributed by atoms with Crippen LogP contribution in [0.2, 0.25) is 10.0 Å². The summed E-state index contributed by atoms with van der Waals surface area (Å²) in [5, 5.41) is 14.8. The van der Waals surface area contributed by atoms with Crippen LogP contribution >= 0.6 is 23.2 Å². The molecule has 1 aliphatic rings. The Labute approximate surface area is 155 Å². The Bertz CT molecular complexity index is 872. The van der Waals surface area contributed by atoms with E-state index in [1.165, 1.54) is 7.11 Å². The third kappa shape index (κ3) is 3.26. The maximum Gasteiger partial charge on any atom is 0.352 e. The number of benzene rings is 1. The van der Waals surface area contributed by atoms with E-state index in [-0.39, 0.29) is 5.69 Å². The minimum Gasteiger partial charge on any atom is -0.477 e. The van der Waals surface area contributed by atoms with E-state index in [4.69, 9.17) is 28.0 Å². The lowest BCUT2D eigenvalue weighted by Crippen LogP contribution is -2.16. The van der Waals surface area contributed by atoms with E-state index in [0.717, 1.165) is 47.4 Å². The maximum absolute atomic E-state index is 11.9. The average molecular weight is 381 g/mol. The van der Waals surface area contributed by atoms with Crippen molar-refractivity contribution in [3.63, 3.8) is 0 Å². The van der Waals surface area contributed by atoms with Gasteiger partial charge in [-0.3, -0.25) is 0 Å². The summed E-state index contributed by atoms with van der Waals surface area (Å²) in [4.78, 5) is 16.8. The van der Waals surface area contributed by atoms with Crippen LogP contribution < -0.4 is 0 Å². The number of aromatic carboxylic acids is 1. The Morgan fingerprint density at radius 1 is 1.32 bits per heavy atom. The summed E-state index contributed by atoms with van der Waals surface area (Å²) in [5.74, 6) is -0.955. The molecule has 3 rings (SSSR count). The number of rotatable bonds is 4. The number of fused-ring (bicyclic) bond motifs is 1. The van der Waals surface area contributed by atoms with Gasteiger partial charge in [-0.25, -0.2) is 4.79 Å². The second-order valence-corrected chi connectivity index (χ2v) is 6.82. The maximum atomic E-state index is 11.9. The van der Waals surface area contributed by atoms with Crippen molar-refractivity contribution in [1.82, 2.24) is 4.57 Å². The standard InChI is InChI=1S/C18H18Cl2N2O3/c1-10-16-14(21-25-2)4-3-5-15(16)22(17(10)18(23)24)9-11-6-7-12(19)13(20)8-11/h6-8H,3-5,9H2,1-2H3,(H,23,24)/b21-14-. The van der Waals surface area contributed by atoms with Crippen molar-refractivity contribution in [3.05, 3.63) is 56.3 Å². The predicted octanol–water partition coefficient (Wildman–Crippen LogP) is 4.54. The number of hydrogen-bond acceptors (Lipinski definition) is 3. The number of carboxylic acid groups (broad SMARTS) is 1. The highest BCUT2D eigenvalue weighted by atomic mass is 35.5. The van der Waals surface area contributed by atoms with Crippen LogP contribution in [0.5, 0.6) is 0 Å². The first-order valence-corrected chi connectivity index (χ1v) is 8.69. The van der Waals surface area contributed by atoms with Crippen LogP contribution in [-0.2, 0) is 17.8 Å². The van der Waals surface area contributed by atoms with Gasteiger partial charge in [0.25, 0.3) is 0 Å². The molecule has 25 heavy (non-hydrogen) atoms. The predicted molar refractivity (Wildman–Crippen MR) is 98.2 cm³/mol. The van der Waals surface area contributed by atoms with Gasteiger partial charge in [0.15, 0.2) is 0 Å². The van der Waals surface area contributed by atoms with Crippen molar-refractivity contribution in [1.29, 1.82) is 0 Å². The second-order valence-electron chi connectivity index (χ2n) is 6.01. The summed E-state index contributed by atoms with van der Waals surface area (Å²) in [6, 6.07) is 5.35. The van der Waals surface area contributed by atoms with Crippen molar-refractivity contribution >= 4 is 34.9 Å². The molecule has 7 heteroatoms. The molecule has 0 spiro atoms. The topological polar surface area (TPSA) is 63.8 Å². The Morgan fingerprint density at radius 3 is 2.72 bits per heavy atom. The van der Waals surface area contributed by atoms with E-state index in [1.54, 1.807) is 12.1 Å². The van der Waals surface area contributed by atoms with Crippen molar-refractivity contribution in [3.8, 4) is 0 Å². The first-order chi connectivity index (χ1) is 11.9. The van der Waals surface area contributed by atoms with E-state index < -0.39 is 5.97 Å². The first-order valence-electron chi connectivity index (χ1n) is 7.93. The number of nitrogens with zero attached hydrogens (tertiary/aromatic N) is 2. The molecule has 1 N–H and O–H groups in total. The smallest absolute Gasteiger partial charge is 0.352 e. The van der Waals surface area contributed by atoms with Crippen molar-refractivity contribution in [2.45, 2.75) is 32.7 Å². The largest absolute Gasteiger partial charge is 0.477 e. The lowest BCUT2D eigenvalue weighted by Gasteiger charge is -2.18. The summed E-state index contributed by atoms with van der Waals surface area (Å²) < 4.78 is 1.84. The zero-order valence-electron chi connectivity index (χ0n) is 14.0. The lowest BCUT2D eigenvalue weighted by molar-refractivity contribution is 0.0684. The molecule has 0 fully saturated rings. The minimum absolute atomic E-state index is 0.279. The van der Waals surface area contributed by atoms with Gasteiger partial charge in [-0.2, -0.15) is 0 Å². The van der Waals surface area contributed by atoms with Crippen LogP contribution in [0, 0.1) is 6.92 Å². The van der Waals surface area contributed by atoms with E-state index in [0.29, 0.717) is 16.6 Å². The third-order valence-electron chi connectivity index (χ3n) is 4.46. The lowest BCUT2D eigenvalue weighted by atomic mass is 9.93. The Morgan fingerprint density at radius 2 is 2.08 bits per heavy atom. The van der Waals surface area contributed by atoms with Gasteiger partial charge in [0.05, 0.1) is 15.8 Å². The van der Waals surface area contributed by atoms with E-state index in [2.05, 4.69) is 5.16 Å². The quantitative estimate of drug-likeness (QED) is 0.791. The monoisotopic (exact) mass is 380 g/mol. The molecule has 0 unspecified atom stereocenters. The number of oxime groups is 1. The molecule has 1 aromatic carbocycles. The van der Waals surface area contributed by atoms with Crippen molar-refractivity contribution in [2.24, 2.45) is 5.16 Å². The van der Waals surface area contributed by atoms with Gasteiger partial charge < -0.3 is 14.5 Å². The first kappa shape index (κ1) is 17.8. The molecule has 0 saturated heterocycles. The van der Waals surface area contributed by atoms with Crippen LogP contribution in [0.4, 0.5) is 0 Å². The van der Waals surface area contributed by atoms with Gasteiger partial charge in [0, 0.05) is 17.8 Å². The van der Waals surface area contributed by atoms with Gasteiger partial charge in [-0.05, 0) is 49.4 Å². The molecule has 1 aliphatic carbocycles. The number of halogens is 2. The van der Waals surface area contributed by atoms with E-state index in [1.807, 2.05) is 17.6 Å². The molecule has 0 saturated carbocycles. The highest BCUT2D eigenvalue weighted by Gasteiger charge is 2.29. The van der Waals surface area contributed by atoms with E-state index in [9.17, 15) is 9.90 Å². The summed E-state index contributed by atoms with van der Waals surface area (Å²) in [6.45, 7) is 2.24. The second kappa shape index (κ2) is 7.10. The van der Waals surface area contributed by atoms with Gasteiger partial charge in [0.1, 0.15) is 12.8 Å². The highest BCUT2D eigenvalue weighted by Crippen LogP contribution is 2.32. The highest BCUT2D eigenvalue weighted by molar-refractivity contribution is 6.42. The molecule has 0 atom stereocenters. The molecule has 2 aromatic rings. The van der Waals surface area contributed by atoms with Gasteiger partial charge in [0.2, 0.25) is 0 Å². The number of aromatic nitrogens is 1. The summed E-state index contributed by atoms with van der Waals surface area (Å²) in [6.07, 6.45) is 2.48. The molecule has 5 nitrogen and oxygen atoms in total. The van der Waals surface area contributed by atoms with Crippen LogP contribution in [0.3, 0.4) is 0 Å². The van der Waals surface area contributed by atoms with E-state index >= 15 is 0 Å². The van der Waals surface area contributed by atoms with Gasteiger partial charge in [-0.15, -0.1) is 0 Å². The fourth-order valence-electron chi connectivity index (χ4n) is 3.47. The molecule has 1 heterocycles. The Hall–Kier alpha value is -1.98. The molecular formula is C18H18Cl2N2O3. The van der Waals surface area contributed by atoms with Crippen LogP contribution in [-0.4, -0.2) is 28.5 Å². The zero-order chi connectivity index (χ0) is 18.1. The van der Waals surface area contributed by atoms with Crippen LogP contribution in [0.1, 0.15) is 45.7 Å². The minimum atomic E-state index is -0.955. The van der Waals surface area contributed by atoms with Crippen molar-refractivity contribution in [2.75, 3.05) is 7.11 Å². The molecule has 0 radical (unpaired) electrons.